The second-order valence-corrected chi connectivity index (χ2v) is 12.7. The zero-order chi connectivity index (χ0) is 31.9. The van der Waals surface area contributed by atoms with E-state index in [2.05, 4.69) is 21.8 Å². The second kappa shape index (κ2) is 15.4. The summed E-state index contributed by atoms with van der Waals surface area (Å²) in [6.07, 6.45) is -0.266. The lowest BCUT2D eigenvalue weighted by Crippen LogP contribution is -2.63. The predicted octanol–water partition coefficient (Wildman–Crippen LogP) is 3.13. The van der Waals surface area contributed by atoms with E-state index in [4.69, 9.17) is 19.9 Å². The van der Waals surface area contributed by atoms with Crippen LogP contribution < -0.4 is 15.4 Å². The lowest BCUT2D eigenvalue weighted by atomic mass is 10.0. The highest BCUT2D eigenvalue weighted by atomic mass is 19.1. The molecule has 4 rings (SSSR count). The summed E-state index contributed by atoms with van der Waals surface area (Å²) in [5.74, 6) is 0.472. The van der Waals surface area contributed by atoms with Crippen molar-refractivity contribution in [3.05, 3.63) is 53.5 Å². The molecule has 0 unspecified atom stereocenters. The first-order valence-corrected chi connectivity index (χ1v) is 15.8. The first kappa shape index (κ1) is 34.1. The van der Waals surface area contributed by atoms with Gasteiger partial charge in [-0.15, -0.1) is 0 Å². The molecule has 2 aromatic rings. The Kier molecular flexibility index (Phi) is 12.0. The molecule has 2 N–H and O–H groups in total. The molecule has 1 aromatic heterocycles. The summed E-state index contributed by atoms with van der Waals surface area (Å²) in [5, 5.41) is 0. The maximum absolute atomic E-state index is 15.0. The van der Waals surface area contributed by atoms with Crippen molar-refractivity contribution in [2.24, 2.45) is 5.73 Å². The summed E-state index contributed by atoms with van der Waals surface area (Å²) >= 11 is 0. The number of carbonyl (C=O) groups excluding carboxylic acids is 1. The third kappa shape index (κ3) is 9.58. The highest BCUT2D eigenvalue weighted by Crippen LogP contribution is 2.26. The van der Waals surface area contributed by atoms with Crippen LogP contribution in [-0.4, -0.2) is 116 Å². The van der Waals surface area contributed by atoms with E-state index in [1.165, 1.54) is 6.07 Å². The average molecular weight is 615 g/mol. The van der Waals surface area contributed by atoms with E-state index in [0.29, 0.717) is 37.2 Å². The Morgan fingerprint density at radius 1 is 1.05 bits per heavy atom. The van der Waals surface area contributed by atoms with Crippen molar-refractivity contribution in [2.45, 2.75) is 71.6 Å². The quantitative estimate of drug-likeness (QED) is 0.322. The lowest BCUT2D eigenvalue weighted by molar-refractivity contribution is -0.160. The van der Waals surface area contributed by atoms with Gasteiger partial charge in [-0.1, -0.05) is 12.1 Å². The largest absolute Gasteiger partial charge is 0.488 e. The van der Waals surface area contributed by atoms with Crippen LogP contribution in [0.2, 0.25) is 0 Å². The maximum atomic E-state index is 15.0. The predicted molar refractivity (Wildman–Crippen MR) is 170 cm³/mol. The standard InChI is InChI=1S/C33H51FN6O4/c1-7-42-30(43-8-2)23-40(32(41)29(35)19-24-9-12-27(13-10-24)44-33(3,4)5)20-25-11-14-28(34)31(36-25)39-21-26(22-39)38-17-15-37(6)16-18-38/h9-14,26,29-30H,7-8,15-23,35H2,1-6H3/t29-/m0/s1. The van der Waals surface area contributed by atoms with Crippen molar-refractivity contribution < 1.29 is 23.4 Å². The fraction of sp³-hybridized carbons (Fsp3) is 0.636. The molecule has 1 atom stereocenters. The van der Waals surface area contributed by atoms with E-state index in [1.54, 1.807) is 11.0 Å². The monoisotopic (exact) mass is 614 g/mol. The van der Waals surface area contributed by atoms with Gasteiger partial charge in [0.1, 0.15) is 11.4 Å². The minimum atomic E-state index is -0.798. The SMILES string of the molecule is CCOC(CN(Cc1ccc(F)c(N2CC(N3CCN(C)CC3)C2)n1)C(=O)[C@@H](N)Cc1ccc(OC(C)(C)C)cc1)OCC. The molecule has 10 nitrogen and oxygen atoms in total. The van der Waals surface area contributed by atoms with Crippen molar-refractivity contribution >= 4 is 11.7 Å². The van der Waals surface area contributed by atoms with Crippen molar-refractivity contribution in [1.29, 1.82) is 0 Å². The molecule has 1 amide bonds. The number of likely N-dealkylation sites (N-methyl/N-ethyl adjacent to an activating group) is 1. The number of halogens is 1. The van der Waals surface area contributed by atoms with Crippen LogP contribution in [0.25, 0.3) is 0 Å². The third-order valence-corrected chi connectivity index (χ3v) is 7.96. The van der Waals surface area contributed by atoms with E-state index in [9.17, 15) is 9.18 Å². The molecule has 2 aliphatic heterocycles. The van der Waals surface area contributed by atoms with Crippen LogP contribution in [0.1, 0.15) is 45.9 Å². The van der Waals surface area contributed by atoms with Gasteiger partial charge in [0.2, 0.25) is 5.91 Å². The molecule has 3 heterocycles. The Balaban J connectivity index is 1.45. The first-order chi connectivity index (χ1) is 21.0. The van der Waals surface area contributed by atoms with Crippen LogP contribution in [0.4, 0.5) is 10.2 Å². The Morgan fingerprint density at radius 2 is 1.68 bits per heavy atom. The van der Waals surface area contributed by atoms with Crippen molar-refractivity contribution in [1.82, 2.24) is 19.7 Å². The fourth-order valence-electron chi connectivity index (χ4n) is 5.58. The number of amides is 1. The Morgan fingerprint density at radius 3 is 2.27 bits per heavy atom. The van der Waals surface area contributed by atoms with Crippen LogP contribution in [0, 0.1) is 5.82 Å². The molecule has 0 saturated carbocycles. The number of hydrogen-bond acceptors (Lipinski definition) is 9. The number of piperazine rings is 1. The highest BCUT2D eigenvalue weighted by molar-refractivity contribution is 5.82. The summed E-state index contributed by atoms with van der Waals surface area (Å²) in [6.45, 7) is 16.6. The van der Waals surface area contributed by atoms with Crippen LogP contribution >= 0.6 is 0 Å². The summed E-state index contributed by atoms with van der Waals surface area (Å²) in [6, 6.07) is 10.3. The highest BCUT2D eigenvalue weighted by Gasteiger charge is 2.35. The molecule has 244 valence electrons. The van der Waals surface area contributed by atoms with Crippen molar-refractivity contribution in [2.75, 3.05) is 71.0 Å². The summed E-state index contributed by atoms with van der Waals surface area (Å²) in [4.78, 5) is 26.9. The summed E-state index contributed by atoms with van der Waals surface area (Å²) in [7, 11) is 2.14. The smallest absolute Gasteiger partial charge is 0.240 e. The molecule has 11 heteroatoms. The molecular formula is C33H51FN6O4. The van der Waals surface area contributed by atoms with Gasteiger partial charge >= 0.3 is 0 Å². The number of carbonyl (C=O) groups is 1. The number of nitrogens with two attached hydrogens (primary N) is 1. The van der Waals surface area contributed by atoms with Crippen LogP contribution in [-0.2, 0) is 27.2 Å². The molecule has 2 saturated heterocycles. The van der Waals surface area contributed by atoms with Crippen LogP contribution in [0.15, 0.2) is 36.4 Å². The number of ether oxygens (including phenoxy) is 3. The van der Waals surface area contributed by atoms with Gasteiger partial charge in [0.15, 0.2) is 17.9 Å². The molecule has 0 aliphatic carbocycles. The van der Waals surface area contributed by atoms with E-state index < -0.39 is 12.3 Å². The molecule has 2 aliphatic rings. The zero-order valence-corrected chi connectivity index (χ0v) is 27.3. The molecular weight excluding hydrogens is 563 g/mol. The van der Waals surface area contributed by atoms with Gasteiger partial charge in [-0.2, -0.15) is 0 Å². The number of anilines is 1. The molecule has 0 radical (unpaired) electrons. The second-order valence-electron chi connectivity index (χ2n) is 12.7. The number of benzene rings is 1. The third-order valence-electron chi connectivity index (χ3n) is 7.96. The van der Waals surface area contributed by atoms with Gasteiger partial charge in [-0.3, -0.25) is 9.69 Å². The minimum absolute atomic E-state index is 0.157. The van der Waals surface area contributed by atoms with Gasteiger partial charge < -0.3 is 34.6 Å². The number of aromatic nitrogens is 1. The molecule has 44 heavy (non-hydrogen) atoms. The van der Waals surface area contributed by atoms with E-state index >= 15 is 0 Å². The van der Waals surface area contributed by atoms with Gasteiger partial charge in [0, 0.05) is 58.5 Å². The number of nitrogens with zero attached hydrogens (tertiary/aromatic N) is 5. The van der Waals surface area contributed by atoms with E-state index in [0.717, 1.165) is 50.6 Å². The Labute approximate surface area is 262 Å². The Bertz CT molecular complexity index is 1190. The topological polar surface area (TPSA) is 96.6 Å². The van der Waals surface area contributed by atoms with Crippen LogP contribution in [0.5, 0.6) is 5.75 Å². The van der Waals surface area contributed by atoms with Gasteiger partial charge in [0.25, 0.3) is 0 Å². The van der Waals surface area contributed by atoms with E-state index in [1.807, 2.05) is 63.8 Å². The van der Waals surface area contributed by atoms with E-state index in [-0.39, 0.29) is 30.4 Å². The summed E-state index contributed by atoms with van der Waals surface area (Å²) in [5.41, 5.74) is 7.70. The fourth-order valence-corrected chi connectivity index (χ4v) is 5.58. The zero-order valence-electron chi connectivity index (χ0n) is 27.3. The number of rotatable bonds is 14. The normalized spacial score (nSPS) is 17.5. The molecule has 1 aromatic carbocycles. The van der Waals surface area contributed by atoms with Gasteiger partial charge in [0.05, 0.1) is 24.8 Å². The van der Waals surface area contributed by atoms with Gasteiger partial charge in [-0.05, 0) is 77.9 Å². The molecule has 2 fully saturated rings. The average Bonchev–Trinajstić information content (AvgIpc) is 2.94. The van der Waals surface area contributed by atoms with Gasteiger partial charge in [-0.25, -0.2) is 9.37 Å². The maximum Gasteiger partial charge on any atom is 0.240 e. The van der Waals surface area contributed by atoms with Crippen molar-refractivity contribution in [3.8, 4) is 5.75 Å². The van der Waals surface area contributed by atoms with Crippen molar-refractivity contribution in [3.63, 3.8) is 0 Å². The summed E-state index contributed by atoms with van der Waals surface area (Å²) < 4.78 is 32.4. The molecule has 0 spiro atoms. The molecule has 0 bridgehead atoms. The number of pyridine rings is 1. The first-order valence-electron chi connectivity index (χ1n) is 15.8. The minimum Gasteiger partial charge on any atom is -0.488 e. The lowest BCUT2D eigenvalue weighted by Gasteiger charge is -2.48. The number of hydrogen-bond donors (Lipinski definition) is 1. The Hall–Kier alpha value is -2.83. The van der Waals surface area contributed by atoms with Crippen LogP contribution in [0.3, 0.4) is 0 Å².